The van der Waals surface area contributed by atoms with Gasteiger partial charge in [0.1, 0.15) is 0 Å². The number of aliphatic hydroxyl groups excluding tert-OH is 1. The van der Waals surface area contributed by atoms with Crippen molar-refractivity contribution in [1.29, 1.82) is 0 Å². The zero-order valence-electron chi connectivity index (χ0n) is 11.2. The highest BCUT2D eigenvalue weighted by Gasteiger charge is 2.26. The summed E-state index contributed by atoms with van der Waals surface area (Å²) in [5.41, 5.74) is 1.49. The molecule has 0 bridgehead atoms. The quantitative estimate of drug-likeness (QED) is 0.868. The zero-order chi connectivity index (χ0) is 13.8. The van der Waals surface area contributed by atoms with Crippen molar-refractivity contribution < 1.29 is 24.2 Å². The fourth-order valence-corrected chi connectivity index (χ4v) is 2.01. The van der Waals surface area contributed by atoms with Gasteiger partial charge in [-0.1, -0.05) is 5.16 Å². The second-order valence-electron chi connectivity index (χ2n) is 4.03. The van der Waals surface area contributed by atoms with Gasteiger partial charge < -0.3 is 24.2 Å². The molecule has 1 unspecified atom stereocenters. The molecule has 1 heterocycles. The molecule has 1 aromatic carbocycles. The topological polar surface area (TPSA) is 69.5 Å². The molecule has 1 N–H and O–H groups in total. The molecule has 0 saturated carbocycles. The Morgan fingerprint density at radius 1 is 1.21 bits per heavy atom. The van der Waals surface area contributed by atoms with Crippen LogP contribution in [0.2, 0.25) is 0 Å². The van der Waals surface area contributed by atoms with Gasteiger partial charge in [0.05, 0.1) is 33.6 Å². The van der Waals surface area contributed by atoms with Gasteiger partial charge in [0.25, 0.3) is 0 Å². The van der Waals surface area contributed by atoms with Crippen molar-refractivity contribution in [3.05, 3.63) is 17.7 Å². The molecule has 0 aliphatic carbocycles. The van der Waals surface area contributed by atoms with Gasteiger partial charge in [-0.25, -0.2) is 0 Å². The van der Waals surface area contributed by atoms with Crippen molar-refractivity contribution in [2.45, 2.75) is 12.5 Å². The van der Waals surface area contributed by atoms with Gasteiger partial charge in [0.15, 0.2) is 17.6 Å². The van der Waals surface area contributed by atoms with Crippen LogP contribution in [0.3, 0.4) is 0 Å². The van der Waals surface area contributed by atoms with E-state index in [1.54, 1.807) is 27.4 Å². The molecule has 0 spiro atoms. The number of hydrogen-bond acceptors (Lipinski definition) is 6. The lowest BCUT2D eigenvalue weighted by molar-refractivity contribution is 0.0390. The van der Waals surface area contributed by atoms with E-state index in [2.05, 4.69) is 5.16 Å². The Morgan fingerprint density at radius 3 is 2.47 bits per heavy atom. The Morgan fingerprint density at radius 2 is 1.95 bits per heavy atom. The van der Waals surface area contributed by atoms with Gasteiger partial charge in [0, 0.05) is 12.0 Å². The van der Waals surface area contributed by atoms with Crippen molar-refractivity contribution in [3.8, 4) is 17.2 Å². The Labute approximate surface area is 111 Å². The number of aliphatic hydroxyl groups is 1. The summed E-state index contributed by atoms with van der Waals surface area (Å²) in [6, 6.07) is 3.62. The maximum absolute atomic E-state index is 9.07. The predicted octanol–water partition coefficient (Wildman–Crippen LogP) is 1.20. The number of nitrogens with zero attached hydrogens (tertiary/aromatic N) is 1. The predicted molar refractivity (Wildman–Crippen MR) is 69.2 cm³/mol. The van der Waals surface area contributed by atoms with E-state index in [-0.39, 0.29) is 12.7 Å². The van der Waals surface area contributed by atoms with Crippen LogP contribution in [-0.4, -0.2) is 44.9 Å². The number of benzene rings is 1. The number of ether oxygens (including phenoxy) is 3. The summed E-state index contributed by atoms with van der Waals surface area (Å²) in [6.07, 6.45) is 0.232. The molecule has 2 rings (SSSR count). The number of hydrogen-bond donors (Lipinski definition) is 1. The lowest BCUT2D eigenvalue weighted by Crippen LogP contribution is -2.13. The van der Waals surface area contributed by atoms with Crippen LogP contribution in [0.15, 0.2) is 17.3 Å². The molecule has 1 aromatic rings. The van der Waals surface area contributed by atoms with Crippen LogP contribution in [0.1, 0.15) is 12.0 Å². The second-order valence-corrected chi connectivity index (χ2v) is 4.03. The molecular weight excluding hydrogens is 250 g/mol. The molecule has 1 aliphatic heterocycles. The van der Waals surface area contributed by atoms with Crippen molar-refractivity contribution in [2.24, 2.45) is 5.16 Å². The third kappa shape index (κ3) is 2.44. The maximum atomic E-state index is 9.07. The lowest BCUT2D eigenvalue weighted by Gasteiger charge is -2.15. The van der Waals surface area contributed by atoms with Crippen molar-refractivity contribution >= 4 is 5.71 Å². The molecule has 6 heteroatoms. The minimum absolute atomic E-state index is 0.0669. The second kappa shape index (κ2) is 5.79. The van der Waals surface area contributed by atoms with E-state index < -0.39 is 0 Å². The monoisotopic (exact) mass is 267 g/mol. The molecular formula is C13H17NO5. The molecule has 19 heavy (non-hydrogen) atoms. The molecule has 0 fully saturated rings. The Hall–Kier alpha value is -1.95. The normalized spacial score (nSPS) is 17.7. The van der Waals surface area contributed by atoms with Crippen molar-refractivity contribution in [3.63, 3.8) is 0 Å². The summed E-state index contributed by atoms with van der Waals surface area (Å²) in [6.45, 7) is -0.0669. The SMILES string of the molecule is COc1ccc(C2=NOC(CO)C2)c(OC)c1OC. The van der Waals surface area contributed by atoms with E-state index in [4.69, 9.17) is 24.2 Å². The van der Waals surface area contributed by atoms with E-state index in [1.807, 2.05) is 6.07 Å². The smallest absolute Gasteiger partial charge is 0.203 e. The van der Waals surface area contributed by atoms with Gasteiger partial charge in [-0.3, -0.25) is 0 Å². The third-order valence-corrected chi connectivity index (χ3v) is 2.95. The van der Waals surface area contributed by atoms with E-state index in [9.17, 15) is 0 Å². The highest BCUT2D eigenvalue weighted by atomic mass is 16.6. The largest absolute Gasteiger partial charge is 0.493 e. The van der Waals surface area contributed by atoms with Gasteiger partial charge in [-0.15, -0.1) is 0 Å². The van der Waals surface area contributed by atoms with E-state index in [0.717, 1.165) is 11.3 Å². The first-order chi connectivity index (χ1) is 9.24. The summed E-state index contributed by atoms with van der Waals surface area (Å²) < 4.78 is 15.9. The van der Waals surface area contributed by atoms with Crippen LogP contribution in [0, 0.1) is 0 Å². The lowest BCUT2D eigenvalue weighted by atomic mass is 10.0. The third-order valence-electron chi connectivity index (χ3n) is 2.95. The Balaban J connectivity index is 2.41. The van der Waals surface area contributed by atoms with Crippen molar-refractivity contribution in [1.82, 2.24) is 0 Å². The van der Waals surface area contributed by atoms with Gasteiger partial charge >= 0.3 is 0 Å². The van der Waals surface area contributed by atoms with Crippen LogP contribution < -0.4 is 14.2 Å². The number of rotatable bonds is 5. The molecule has 6 nitrogen and oxygen atoms in total. The fourth-order valence-electron chi connectivity index (χ4n) is 2.01. The van der Waals surface area contributed by atoms with Crippen LogP contribution >= 0.6 is 0 Å². The van der Waals surface area contributed by atoms with Gasteiger partial charge in [-0.05, 0) is 12.1 Å². The summed E-state index contributed by atoms with van der Waals surface area (Å²) in [5.74, 6) is 1.64. The maximum Gasteiger partial charge on any atom is 0.203 e. The summed E-state index contributed by atoms with van der Waals surface area (Å²) in [5, 5.41) is 13.0. The molecule has 0 aromatic heterocycles. The molecule has 0 amide bonds. The molecule has 104 valence electrons. The van der Waals surface area contributed by atoms with E-state index in [1.165, 1.54) is 0 Å². The molecule has 1 aliphatic rings. The minimum Gasteiger partial charge on any atom is -0.493 e. The van der Waals surface area contributed by atoms with E-state index >= 15 is 0 Å². The summed E-state index contributed by atoms with van der Waals surface area (Å²) >= 11 is 0. The summed E-state index contributed by atoms with van der Waals surface area (Å²) in [7, 11) is 4.67. The van der Waals surface area contributed by atoms with Gasteiger partial charge in [-0.2, -0.15) is 0 Å². The minimum atomic E-state index is -0.298. The first kappa shape index (κ1) is 13.5. The van der Waals surface area contributed by atoms with E-state index in [0.29, 0.717) is 23.7 Å². The van der Waals surface area contributed by atoms with Gasteiger partial charge in [0.2, 0.25) is 5.75 Å². The Bertz CT molecular complexity index is 486. The molecule has 0 saturated heterocycles. The van der Waals surface area contributed by atoms with Crippen molar-refractivity contribution in [2.75, 3.05) is 27.9 Å². The van der Waals surface area contributed by atoms with Crippen LogP contribution in [0.5, 0.6) is 17.2 Å². The van der Waals surface area contributed by atoms with Crippen LogP contribution in [0.25, 0.3) is 0 Å². The summed E-state index contributed by atoms with van der Waals surface area (Å²) in [4.78, 5) is 5.11. The molecule has 0 radical (unpaired) electrons. The zero-order valence-corrected chi connectivity index (χ0v) is 11.2. The Kier molecular flexibility index (Phi) is 4.11. The fraction of sp³-hybridized carbons (Fsp3) is 0.462. The molecule has 1 atom stereocenters. The highest BCUT2D eigenvalue weighted by molar-refractivity contribution is 6.04. The van der Waals surface area contributed by atoms with Crippen LogP contribution in [-0.2, 0) is 4.84 Å². The first-order valence-electron chi connectivity index (χ1n) is 5.88. The first-order valence-corrected chi connectivity index (χ1v) is 5.88. The van der Waals surface area contributed by atoms with Crippen LogP contribution in [0.4, 0.5) is 0 Å². The average molecular weight is 267 g/mol. The highest BCUT2D eigenvalue weighted by Crippen LogP contribution is 2.41. The number of methoxy groups -OCH3 is 3. The standard InChI is InChI=1S/C13H17NO5/c1-16-11-5-4-9(12(17-2)13(11)18-3)10-6-8(7-15)19-14-10/h4-5,8,15H,6-7H2,1-3H3. The average Bonchev–Trinajstić information content (AvgIpc) is 2.94. The number of oxime groups is 1.